The fourth-order valence-electron chi connectivity index (χ4n) is 14.4. The van der Waals surface area contributed by atoms with Gasteiger partial charge in [-0.25, -0.2) is 9.59 Å². The monoisotopic (exact) mass is 1470 g/mol. The Labute approximate surface area is 612 Å². The van der Waals surface area contributed by atoms with Gasteiger partial charge in [0.15, 0.2) is 22.5 Å². The highest BCUT2D eigenvalue weighted by Crippen LogP contribution is 2.43. The Hall–Kier alpha value is -10.6. The molecule has 9 rings (SSSR count). The number of aromatic hydroxyl groups is 2. The summed E-state index contributed by atoms with van der Waals surface area (Å²) in [4.78, 5) is 151. The molecule has 0 saturated carbocycles. The number of hydrogen-bond acceptors (Lipinski definition) is 17. The molecule has 0 spiro atoms. The van der Waals surface area contributed by atoms with E-state index in [-0.39, 0.29) is 158 Å². The van der Waals surface area contributed by atoms with Crippen molar-refractivity contribution in [1.29, 1.82) is 5.41 Å². The number of anilines is 1. The summed E-state index contributed by atoms with van der Waals surface area (Å²) in [6.45, 7) is 10.5. The molecule has 564 valence electrons. The number of aliphatic carboxylic acids is 1. The zero-order valence-electron chi connectivity index (χ0n) is 59.5. The Morgan fingerprint density at radius 3 is 1.91 bits per heavy atom. The zero-order valence-corrected chi connectivity index (χ0v) is 60.3. The Balaban J connectivity index is 0.943. The quantitative estimate of drug-likeness (QED) is 0.0118. The first-order chi connectivity index (χ1) is 49.8. The number of amides is 7. The van der Waals surface area contributed by atoms with E-state index in [9.17, 15) is 49.2 Å². The number of piperidine rings is 2. The lowest BCUT2D eigenvalue weighted by Crippen LogP contribution is -2.62. The molecule has 5 aliphatic heterocycles. The van der Waals surface area contributed by atoms with Crippen LogP contribution in [0.5, 0.6) is 11.5 Å². The SMILES string of the molecule is CC(C)C[C@H](NC(=O)[C@@H](NC(=O)[C@H](Cc1ccc(O)cc1)NC(=O)[C@@H]1CCCN1C(=O)[C@H](CCCN=C(N)N)NC(=O)[C@@H](NC(=O)[C@@H]1CCCN1C(=O)[C@@H](NC(=S)Nc1ccc(-c2c3ccc(=O)cc-3oc3cc(O)ccc23)c(C(=O)O)c1)C1CCNCC1)C1CCN(C(=N)N)CC1)C(C)(C)C)C(=O)O. The van der Waals surface area contributed by atoms with Gasteiger partial charge in [0.25, 0.3) is 0 Å². The lowest BCUT2D eigenvalue weighted by atomic mass is 9.85. The second kappa shape index (κ2) is 34.8. The van der Waals surface area contributed by atoms with Crippen molar-refractivity contribution < 1.29 is 68.0 Å². The summed E-state index contributed by atoms with van der Waals surface area (Å²) in [5.74, 6) is -8.81. The van der Waals surface area contributed by atoms with Crippen molar-refractivity contribution in [3.63, 3.8) is 0 Å². The van der Waals surface area contributed by atoms with Crippen molar-refractivity contribution >= 4 is 99.2 Å². The van der Waals surface area contributed by atoms with Crippen LogP contribution in [0.3, 0.4) is 0 Å². The number of rotatable bonds is 27. The molecule has 31 nitrogen and oxygen atoms in total. The van der Waals surface area contributed by atoms with E-state index in [0.717, 1.165) is 0 Å². The Kier molecular flexibility index (Phi) is 26.0. The van der Waals surface area contributed by atoms with E-state index in [0.29, 0.717) is 60.8 Å². The normalized spacial score (nSPS) is 18.2. The number of phenolic OH excluding ortho intramolecular Hbond substituents is 2. The standard InChI is InChI=1S/C73H96N16O15S/c1-38(2)33-52(69(102)103)83-65(97)60(73(3,4)5)86-61(93)51(34-39-12-15-43(90)16-13-39)82-62(94)53-10-7-29-88(53)66(98)50(9-6-26-79-70(74)75)81-64(96)58(41-24-31-87(32-25-41)71(76)77)84-63(95)54-11-8-30-89(54)67(99)59(40-22-27-78-28-23-40)85-72(105)80-42-14-19-46(49(35-42)68(100)101)57-47-20-17-44(91)36-55(47)104-56-37-45(92)18-21-48(56)57/h12-21,35-38,40-41,50-54,58-60,78,90-91H,6-11,22-34H2,1-5H3,(H3,76,77)(H,81,96)(H,82,94)(H,83,97)(H,84,95)(H,86,93)(H,100,101)(H,102,103)(H4,74,75,79)(H2,80,85,105)/t50-,51-,52-,53-,54-,58-,59-,60+/m0/s1. The van der Waals surface area contributed by atoms with E-state index in [1.807, 2.05) is 0 Å². The number of nitrogens with one attached hydrogen (secondary N) is 9. The summed E-state index contributed by atoms with van der Waals surface area (Å²) in [6.07, 6.45) is 2.71. The van der Waals surface area contributed by atoms with Gasteiger partial charge in [0.1, 0.15) is 71.2 Å². The molecular weight excluding hydrogens is 1370 g/mol. The van der Waals surface area contributed by atoms with E-state index in [4.69, 9.17) is 39.2 Å². The summed E-state index contributed by atoms with van der Waals surface area (Å²) in [5, 5.41) is 73.5. The van der Waals surface area contributed by atoms with Crippen molar-refractivity contribution in [1.82, 2.24) is 51.9 Å². The van der Waals surface area contributed by atoms with Crippen LogP contribution < -0.4 is 65.2 Å². The minimum absolute atomic E-state index is 0.0254. The number of carbonyl (C=O) groups excluding carboxylic acids is 7. The summed E-state index contributed by atoms with van der Waals surface area (Å²) in [6, 6.07) is 9.09. The van der Waals surface area contributed by atoms with Crippen LogP contribution in [0.4, 0.5) is 5.69 Å². The van der Waals surface area contributed by atoms with Gasteiger partial charge in [0, 0.05) is 73.5 Å². The molecule has 0 radical (unpaired) electrons. The van der Waals surface area contributed by atoms with Crippen LogP contribution in [0.1, 0.15) is 121 Å². The Morgan fingerprint density at radius 1 is 0.676 bits per heavy atom. The van der Waals surface area contributed by atoms with E-state index < -0.39 is 113 Å². The van der Waals surface area contributed by atoms with Gasteiger partial charge in [-0.2, -0.15) is 0 Å². The predicted octanol–water partition coefficient (Wildman–Crippen LogP) is 2.81. The molecular formula is C73H96N16O15S. The fraction of sp³-hybridized carbons (Fsp3) is 0.493. The van der Waals surface area contributed by atoms with Gasteiger partial charge in [-0.1, -0.05) is 52.8 Å². The van der Waals surface area contributed by atoms with Crippen molar-refractivity contribution in [3.05, 3.63) is 100 Å². The molecule has 3 aromatic carbocycles. The third-order valence-electron chi connectivity index (χ3n) is 19.8. The number of nitrogens with zero attached hydrogens (tertiary/aromatic N) is 4. The maximum atomic E-state index is 15.3. The molecule has 1 aliphatic carbocycles. The number of fused-ring (bicyclic) bond motifs is 2. The largest absolute Gasteiger partial charge is 0.508 e. The lowest BCUT2D eigenvalue weighted by Gasteiger charge is -2.38. The van der Waals surface area contributed by atoms with Gasteiger partial charge in [-0.15, -0.1) is 0 Å². The minimum Gasteiger partial charge on any atom is -0.508 e. The maximum Gasteiger partial charge on any atom is 0.336 e. The van der Waals surface area contributed by atoms with Gasteiger partial charge < -0.3 is 99.3 Å². The van der Waals surface area contributed by atoms with Gasteiger partial charge in [-0.05, 0) is 179 Å². The van der Waals surface area contributed by atoms with Crippen LogP contribution in [0.15, 0.2) is 93.1 Å². The minimum atomic E-state index is -1.39. The molecule has 3 aromatic rings. The maximum absolute atomic E-state index is 15.3. The first-order valence-corrected chi connectivity index (χ1v) is 35.9. The third kappa shape index (κ3) is 20.0. The molecule has 7 amide bonds. The number of benzene rings is 4. The highest BCUT2D eigenvalue weighted by atomic mass is 32.1. The highest BCUT2D eigenvalue weighted by molar-refractivity contribution is 7.80. The van der Waals surface area contributed by atoms with E-state index in [1.54, 1.807) is 75.9 Å². The van der Waals surface area contributed by atoms with E-state index >= 15 is 19.2 Å². The number of carboxylic acids is 2. The number of carbonyl (C=O) groups is 9. The van der Waals surface area contributed by atoms with Gasteiger partial charge in [0.2, 0.25) is 41.4 Å². The van der Waals surface area contributed by atoms with Gasteiger partial charge >= 0.3 is 11.9 Å². The summed E-state index contributed by atoms with van der Waals surface area (Å²) in [7, 11) is 0. The molecule has 4 fully saturated rings. The van der Waals surface area contributed by atoms with Crippen molar-refractivity contribution in [2.45, 2.75) is 160 Å². The molecule has 0 bridgehead atoms. The number of guanidine groups is 2. The molecule has 0 unspecified atom stereocenters. The van der Waals surface area contributed by atoms with Crippen molar-refractivity contribution in [2.24, 2.45) is 45.4 Å². The molecule has 5 heterocycles. The summed E-state index contributed by atoms with van der Waals surface area (Å²) in [5.41, 5.74) is 17.9. The van der Waals surface area contributed by atoms with E-state index in [2.05, 4.69) is 47.5 Å². The lowest BCUT2D eigenvalue weighted by molar-refractivity contribution is -0.144. The average Bonchev–Trinajstić information content (AvgIpc) is 1.38. The molecule has 8 atom stereocenters. The first kappa shape index (κ1) is 78.5. The Morgan fingerprint density at radius 2 is 1.30 bits per heavy atom. The molecule has 4 saturated heterocycles. The van der Waals surface area contributed by atoms with Crippen molar-refractivity contribution in [3.8, 4) is 33.9 Å². The van der Waals surface area contributed by atoms with E-state index in [1.165, 1.54) is 52.3 Å². The fourth-order valence-corrected chi connectivity index (χ4v) is 14.6. The van der Waals surface area contributed by atoms with Crippen molar-refractivity contribution in [2.75, 3.05) is 51.1 Å². The predicted molar refractivity (Wildman–Crippen MR) is 396 cm³/mol. The average molecular weight is 1470 g/mol. The molecule has 19 N–H and O–H groups in total. The Bertz CT molecular complexity index is 4130. The summed E-state index contributed by atoms with van der Waals surface area (Å²) >= 11 is 5.90. The topological polar surface area (TPSA) is 485 Å². The van der Waals surface area contributed by atoms with Crippen LogP contribution >= 0.6 is 12.2 Å². The number of nitrogens with two attached hydrogens (primary N) is 3. The summed E-state index contributed by atoms with van der Waals surface area (Å²) < 4.78 is 6.00. The second-order valence-corrected chi connectivity index (χ2v) is 29.3. The number of carboxylic acid groups (broad SMARTS) is 2. The molecule has 32 heteroatoms. The highest BCUT2D eigenvalue weighted by Gasteiger charge is 2.46. The van der Waals surface area contributed by atoms with Crippen LogP contribution in [0.25, 0.3) is 33.4 Å². The van der Waals surface area contributed by atoms with Gasteiger partial charge in [-0.3, -0.25) is 48.8 Å². The van der Waals surface area contributed by atoms with Gasteiger partial charge in [0.05, 0.1) is 5.56 Å². The zero-order chi connectivity index (χ0) is 76.1. The number of phenols is 2. The number of thiocarbonyl (C=S) groups is 1. The number of aromatic carboxylic acids is 1. The number of likely N-dealkylation sites (tertiary alicyclic amines) is 3. The van der Waals surface area contributed by atoms with Crippen LogP contribution in [-0.2, 0) is 44.8 Å². The smallest absolute Gasteiger partial charge is 0.336 e. The second-order valence-electron chi connectivity index (χ2n) is 28.9. The van der Waals surface area contributed by atoms with Crippen LogP contribution in [0, 0.1) is 28.6 Å². The third-order valence-corrected chi connectivity index (χ3v) is 20.0. The molecule has 6 aliphatic rings. The molecule has 0 aromatic heterocycles. The van der Waals surface area contributed by atoms with Crippen LogP contribution in [0.2, 0.25) is 0 Å². The first-order valence-electron chi connectivity index (χ1n) is 35.5. The number of hydrogen-bond donors (Lipinski definition) is 16. The molecule has 105 heavy (non-hydrogen) atoms. The van der Waals surface area contributed by atoms with Crippen LogP contribution in [-0.4, -0.2) is 200 Å². The number of aliphatic imine (C=N–C) groups is 1.